The highest BCUT2D eigenvalue weighted by molar-refractivity contribution is 5.74. The zero-order valence-electron chi connectivity index (χ0n) is 11.0. The summed E-state index contributed by atoms with van der Waals surface area (Å²) < 4.78 is 5.34. The second-order valence-corrected chi connectivity index (χ2v) is 4.26. The molecule has 0 aliphatic heterocycles. The van der Waals surface area contributed by atoms with Crippen molar-refractivity contribution in [3.05, 3.63) is 61.3 Å². The van der Waals surface area contributed by atoms with Crippen LogP contribution in [0.15, 0.2) is 61.3 Å². The van der Waals surface area contributed by atoms with Crippen molar-refractivity contribution >= 4 is 0 Å². The Balaban J connectivity index is 2.13. The SMILES string of the molecule is COc1ncc(-c2cccnc2)cc1-c1cccnc1. The largest absolute Gasteiger partial charge is 0.481 e. The Morgan fingerprint density at radius 1 is 0.850 bits per heavy atom. The molecule has 0 saturated carbocycles. The maximum Gasteiger partial charge on any atom is 0.221 e. The van der Waals surface area contributed by atoms with E-state index in [1.807, 2.05) is 36.5 Å². The molecule has 3 aromatic rings. The first-order valence-electron chi connectivity index (χ1n) is 6.23. The van der Waals surface area contributed by atoms with Gasteiger partial charge in [0.2, 0.25) is 5.88 Å². The molecule has 0 fully saturated rings. The second-order valence-electron chi connectivity index (χ2n) is 4.26. The van der Waals surface area contributed by atoms with Crippen LogP contribution in [0.25, 0.3) is 22.3 Å². The van der Waals surface area contributed by atoms with Crippen molar-refractivity contribution in [2.45, 2.75) is 0 Å². The minimum absolute atomic E-state index is 0.589. The fourth-order valence-corrected chi connectivity index (χ4v) is 2.04. The van der Waals surface area contributed by atoms with E-state index >= 15 is 0 Å². The van der Waals surface area contributed by atoms with Gasteiger partial charge in [-0.2, -0.15) is 0 Å². The van der Waals surface area contributed by atoms with Crippen LogP contribution in [0.4, 0.5) is 0 Å². The lowest BCUT2D eigenvalue weighted by atomic mass is 10.0. The molecule has 0 aliphatic rings. The van der Waals surface area contributed by atoms with Crippen molar-refractivity contribution in [2.24, 2.45) is 0 Å². The fraction of sp³-hybridized carbons (Fsp3) is 0.0625. The van der Waals surface area contributed by atoms with Crippen molar-refractivity contribution in [1.82, 2.24) is 15.0 Å². The third-order valence-corrected chi connectivity index (χ3v) is 3.01. The van der Waals surface area contributed by atoms with E-state index in [4.69, 9.17) is 4.74 Å². The zero-order valence-corrected chi connectivity index (χ0v) is 11.0. The molecule has 0 aromatic carbocycles. The summed E-state index contributed by atoms with van der Waals surface area (Å²) in [5.74, 6) is 0.589. The number of aromatic nitrogens is 3. The molecule has 3 aromatic heterocycles. The van der Waals surface area contributed by atoms with Gasteiger partial charge in [-0.3, -0.25) is 9.97 Å². The third-order valence-electron chi connectivity index (χ3n) is 3.01. The summed E-state index contributed by atoms with van der Waals surface area (Å²) in [5.41, 5.74) is 3.91. The van der Waals surface area contributed by atoms with E-state index in [1.165, 1.54) is 0 Å². The van der Waals surface area contributed by atoms with Crippen molar-refractivity contribution in [2.75, 3.05) is 7.11 Å². The highest BCUT2D eigenvalue weighted by Gasteiger charge is 2.09. The lowest BCUT2D eigenvalue weighted by Crippen LogP contribution is -1.93. The molecular formula is C16H13N3O. The van der Waals surface area contributed by atoms with Crippen LogP contribution in [-0.4, -0.2) is 22.1 Å². The molecule has 0 aliphatic carbocycles. The fourth-order valence-electron chi connectivity index (χ4n) is 2.04. The van der Waals surface area contributed by atoms with E-state index < -0.39 is 0 Å². The maximum atomic E-state index is 5.34. The van der Waals surface area contributed by atoms with Crippen LogP contribution < -0.4 is 4.74 Å². The standard InChI is InChI=1S/C16H13N3O/c1-20-16-15(13-5-3-7-18-10-13)8-14(11-19-16)12-4-2-6-17-9-12/h2-11H,1H3. The minimum Gasteiger partial charge on any atom is -0.481 e. The number of ether oxygens (including phenoxy) is 1. The number of hydrogen-bond acceptors (Lipinski definition) is 4. The van der Waals surface area contributed by atoms with Gasteiger partial charge in [-0.25, -0.2) is 4.98 Å². The Kier molecular flexibility index (Phi) is 3.37. The average Bonchev–Trinajstić information content (AvgIpc) is 2.56. The lowest BCUT2D eigenvalue weighted by molar-refractivity contribution is 0.400. The summed E-state index contributed by atoms with van der Waals surface area (Å²) in [6.45, 7) is 0. The summed E-state index contributed by atoms with van der Waals surface area (Å²) in [5, 5.41) is 0. The highest BCUT2D eigenvalue weighted by atomic mass is 16.5. The molecule has 98 valence electrons. The molecule has 0 unspecified atom stereocenters. The molecule has 0 bridgehead atoms. The highest BCUT2D eigenvalue weighted by Crippen LogP contribution is 2.31. The number of hydrogen-bond donors (Lipinski definition) is 0. The summed E-state index contributed by atoms with van der Waals surface area (Å²) in [6, 6.07) is 9.83. The molecule has 0 N–H and O–H groups in total. The van der Waals surface area contributed by atoms with Crippen LogP contribution >= 0.6 is 0 Å². The molecule has 0 radical (unpaired) electrons. The molecule has 0 saturated heterocycles. The summed E-state index contributed by atoms with van der Waals surface area (Å²) in [4.78, 5) is 12.6. The number of pyridine rings is 3. The van der Waals surface area contributed by atoms with Crippen molar-refractivity contribution in [3.63, 3.8) is 0 Å². The average molecular weight is 263 g/mol. The molecule has 4 nitrogen and oxygen atoms in total. The molecule has 0 amide bonds. The van der Waals surface area contributed by atoms with Crippen LogP contribution in [0.3, 0.4) is 0 Å². The first-order valence-corrected chi connectivity index (χ1v) is 6.23. The zero-order chi connectivity index (χ0) is 13.8. The predicted molar refractivity (Wildman–Crippen MR) is 77.3 cm³/mol. The van der Waals surface area contributed by atoms with E-state index in [2.05, 4.69) is 15.0 Å². The van der Waals surface area contributed by atoms with Gasteiger partial charge in [0.1, 0.15) is 0 Å². The van der Waals surface area contributed by atoms with Gasteiger partial charge in [-0.1, -0.05) is 12.1 Å². The first-order chi connectivity index (χ1) is 9.88. The van der Waals surface area contributed by atoms with Crippen molar-refractivity contribution in [1.29, 1.82) is 0 Å². The van der Waals surface area contributed by atoms with E-state index in [9.17, 15) is 0 Å². The summed E-state index contributed by atoms with van der Waals surface area (Å²) in [6.07, 6.45) is 8.90. The molecule has 4 heteroatoms. The Hall–Kier alpha value is -2.75. The van der Waals surface area contributed by atoms with Gasteiger partial charge in [0.15, 0.2) is 0 Å². The predicted octanol–water partition coefficient (Wildman–Crippen LogP) is 3.21. The Morgan fingerprint density at radius 2 is 1.55 bits per heavy atom. The van der Waals surface area contributed by atoms with Crippen LogP contribution in [-0.2, 0) is 0 Å². The Morgan fingerprint density at radius 3 is 2.15 bits per heavy atom. The molecule has 20 heavy (non-hydrogen) atoms. The molecule has 3 heterocycles. The smallest absolute Gasteiger partial charge is 0.221 e. The van der Waals surface area contributed by atoms with Crippen LogP contribution in [0, 0.1) is 0 Å². The van der Waals surface area contributed by atoms with Gasteiger partial charge in [-0.05, 0) is 18.2 Å². The van der Waals surface area contributed by atoms with Crippen molar-refractivity contribution in [3.8, 4) is 28.1 Å². The van der Waals surface area contributed by atoms with E-state index in [-0.39, 0.29) is 0 Å². The molecule has 0 spiro atoms. The van der Waals surface area contributed by atoms with Gasteiger partial charge < -0.3 is 4.74 Å². The number of methoxy groups -OCH3 is 1. The van der Waals surface area contributed by atoms with Gasteiger partial charge >= 0.3 is 0 Å². The summed E-state index contributed by atoms with van der Waals surface area (Å²) >= 11 is 0. The third kappa shape index (κ3) is 2.36. The summed E-state index contributed by atoms with van der Waals surface area (Å²) in [7, 11) is 1.62. The second kappa shape index (κ2) is 5.48. The monoisotopic (exact) mass is 263 g/mol. The van der Waals surface area contributed by atoms with Crippen LogP contribution in [0.5, 0.6) is 5.88 Å². The molecular weight excluding hydrogens is 250 g/mol. The minimum atomic E-state index is 0.589. The van der Waals surface area contributed by atoms with Crippen LogP contribution in [0.1, 0.15) is 0 Å². The maximum absolute atomic E-state index is 5.34. The van der Waals surface area contributed by atoms with Crippen LogP contribution in [0.2, 0.25) is 0 Å². The van der Waals surface area contributed by atoms with E-state index in [1.54, 1.807) is 31.9 Å². The molecule has 3 rings (SSSR count). The molecule has 0 atom stereocenters. The number of nitrogens with zero attached hydrogens (tertiary/aromatic N) is 3. The quantitative estimate of drug-likeness (QED) is 0.728. The van der Waals surface area contributed by atoms with Gasteiger partial charge in [0.05, 0.1) is 7.11 Å². The lowest BCUT2D eigenvalue weighted by Gasteiger charge is -2.09. The topological polar surface area (TPSA) is 47.9 Å². The number of rotatable bonds is 3. The normalized spacial score (nSPS) is 10.2. The van der Waals surface area contributed by atoms with Crippen molar-refractivity contribution < 1.29 is 4.74 Å². The van der Waals surface area contributed by atoms with Gasteiger partial charge in [-0.15, -0.1) is 0 Å². The van der Waals surface area contributed by atoms with Gasteiger partial charge in [0.25, 0.3) is 0 Å². The Bertz CT molecular complexity index is 699. The van der Waals surface area contributed by atoms with Gasteiger partial charge in [0, 0.05) is 53.2 Å². The van der Waals surface area contributed by atoms with E-state index in [0.29, 0.717) is 5.88 Å². The van der Waals surface area contributed by atoms with E-state index in [0.717, 1.165) is 22.3 Å². The first kappa shape index (κ1) is 12.3. The Labute approximate surface area is 117 Å².